The monoisotopic (exact) mass is 253 g/mol. The van der Waals surface area contributed by atoms with Gasteiger partial charge in [-0.05, 0) is 31.9 Å². The Balaban J connectivity index is 2.80. The van der Waals surface area contributed by atoms with Crippen LogP contribution in [0.1, 0.15) is 45.7 Å². The topological polar surface area (TPSA) is 21.3 Å². The standard InChI is InChI=1S/C15H24FNO/c1-11(17-5)12-7-6-8-13(16)14(12)18-10-9-15(2,3)4/h6-8,11,17H,9-10H2,1-5H3. The highest BCUT2D eigenvalue weighted by Crippen LogP contribution is 2.29. The summed E-state index contributed by atoms with van der Waals surface area (Å²) in [6.07, 6.45) is 0.898. The molecule has 0 bridgehead atoms. The van der Waals surface area contributed by atoms with Crippen molar-refractivity contribution in [2.24, 2.45) is 5.41 Å². The van der Waals surface area contributed by atoms with Crippen molar-refractivity contribution < 1.29 is 9.13 Å². The molecule has 0 aromatic heterocycles. The number of nitrogens with one attached hydrogen (secondary N) is 1. The molecule has 0 saturated carbocycles. The van der Waals surface area contributed by atoms with Crippen molar-refractivity contribution in [3.05, 3.63) is 29.6 Å². The molecule has 0 radical (unpaired) electrons. The van der Waals surface area contributed by atoms with Gasteiger partial charge in [-0.2, -0.15) is 0 Å². The van der Waals surface area contributed by atoms with Crippen molar-refractivity contribution in [3.8, 4) is 5.75 Å². The van der Waals surface area contributed by atoms with Crippen LogP contribution in [0.2, 0.25) is 0 Å². The Bertz CT molecular complexity index is 385. The molecule has 2 nitrogen and oxygen atoms in total. The largest absolute Gasteiger partial charge is 0.490 e. The van der Waals surface area contributed by atoms with Crippen molar-refractivity contribution >= 4 is 0 Å². The van der Waals surface area contributed by atoms with Crippen molar-refractivity contribution in [3.63, 3.8) is 0 Å². The fourth-order valence-corrected chi connectivity index (χ4v) is 1.63. The average Bonchev–Trinajstić information content (AvgIpc) is 2.28. The van der Waals surface area contributed by atoms with Crippen LogP contribution in [-0.2, 0) is 0 Å². The van der Waals surface area contributed by atoms with Crippen LogP contribution in [0.25, 0.3) is 0 Å². The molecule has 1 aromatic rings. The van der Waals surface area contributed by atoms with E-state index in [0.717, 1.165) is 12.0 Å². The van der Waals surface area contributed by atoms with Crippen LogP contribution in [0, 0.1) is 11.2 Å². The maximum Gasteiger partial charge on any atom is 0.165 e. The highest BCUT2D eigenvalue weighted by molar-refractivity contribution is 5.37. The summed E-state index contributed by atoms with van der Waals surface area (Å²) in [7, 11) is 1.86. The molecule has 0 heterocycles. The van der Waals surface area contributed by atoms with Gasteiger partial charge in [0.15, 0.2) is 11.6 Å². The highest BCUT2D eigenvalue weighted by atomic mass is 19.1. The molecule has 3 heteroatoms. The first-order valence-corrected chi connectivity index (χ1v) is 6.43. The number of para-hydroxylation sites is 1. The molecular formula is C15H24FNO. The molecule has 0 aliphatic carbocycles. The summed E-state index contributed by atoms with van der Waals surface area (Å²) in [5.74, 6) is 0.0899. The molecule has 1 atom stereocenters. The lowest BCUT2D eigenvalue weighted by Crippen LogP contribution is -2.16. The van der Waals surface area contributed by atoms with Gasteiger partial charge < -0.3 is 10.1 Å². The van der Waals surface area contributed by atoms with E-state index in [2.05, 4.69) is 26.1 Å². The van der Waals surface area contributed by atoms with Gasteiger partial charge in [-0.15, -0.1) is 0 Å². The molecule has 102 valence electrons. The maximum atomic E-state index is 13.8. The molecule has 0 aliphatic heterocycles. The Morgan fingerprint density at radius 3 is 2.56 bits per heavy atom. The van der Waals surface area contributed by atoms with E-state index in [0.29, 0.717) is 12.4 Å². The summed E-state index contributed by atoms with van der Waals surface area (Å²) in [4.78, 5) is 0. The predicted molar refractivity (Wildman–Crippen MR) is 73.4 cm³/mol. The van der Waals surface area contributed by atoms with E-state index in [4.69, 9.17) is 4.74 Å². The van der Waals surface area contributed by atoms with Crippen LogP contribution in [0.5, 0.6) is 5.75 Å². The number of rotatable bonds is 5. The van der Waals surface area contributed by atoms with Crippen LogP contribution in [0.4, 0.5) is 4.39 Å². The zero-order valence-corrected chi connectivity index (χ0v) is 12.0. The molecule has 0 aliphatic rings. The van der Waals surface area contributed by atoms with Crippen LogP contribution >= 0.6 is 0 Å². The first kappa shape index (κ1) is 15.0. The van der Waals surface area contributed by atoms with Gasteiger partial charge in [-0.1, -0.05) is 32.9 Å². The minimum Gasteiger partial charge on any atom is -0.490 e. The van der Waals surface area contributed by atoms with Gasteiger partial charge >= 0.3 is 0 Å². The van der Waals surface area contributed by atoms with E-state index >= 15 is 0 Å². The Morgan fingerprint density at radius 1 is 1.33 bits per heavy atom. The minimum absolute atomic E-state index is 0.0744. The van der Waals surface area contributed by atoms with Crippen molar-refractivity contribution in [1.29, 1.82) is 0 Å². The Morgan fingerprint density at radius 2 is 2.00 bits per heavy atom. The molecule has 0 amide bonds. The lowest BCUT2D eigenvalue weighted by atomic mass is 9.93. The molecule has 0 spiro atoms. The Hall–Kier alpha value is -1.09. The third-order valence-electron chi connectivity index (χ3n) is 3.00. The van der Waals surface area contributed by atoms with E-state index in [9.17, 15) is 4.39 Å². The van der Waals surface area contributed by atoms with Crippen LogP contribution in [0.15, 0.2) is 18.2 Å². The molecule has 1 N–H and O–H groups in total. The second-order valence-electron chi connectivity index (χ2n) is 5.83. The van der Waals surface area contributed by atoms with E-state index in [1.807, 2.05) is 20.0 Å². The normalized spacial score (nSPS) is 13.4. The average molecular weight is 253 g/mol. The summed E-state index contributed by atoms with van der Waals surface area (Å²) in [5, 5.41) is 3.11. The van der Waals surface area contributed by atoms with Gasteiger partial charge in [0.2, 0.25) is 0 Å². The first-order chi connectivity index (χ1) is 8.35. The van der Waals surface area contributed by atoms with E-state index < -0.39 is 0 Å². The lowest BCUT2D eigenvalue weighted by molar-refractivity contribution is 0.232. The van der Waals surface area contributed by atoms with Crippen molar-refractivity contribution in [2.75, 3.05) is 13.7 Å². The number of ether oxygens (including phenoxy) is 1. The van der Waals surface area contributed by atoms with E-state index in [1.165, 1.54) is 6.07 Å². The SMILES string of the molecule is CNC(C)c1cccc(F)c1OCCC(C)(C)C. The summed E-state index contributed by atoms with van der Waals surface area (Å²) in [6.45, 7) is 8.97. The summed E-state index contributed by atoms with van der Waals surface area (Å²) >= 11 is 0. The fourth-order valence-electron chi connectivity index (χ4n) is 1.63. The van der Waals surface area contributed by atoms with Crippen molar-refractivity contribution in [2.45, 2.75) is 40.2 Å². The minimum atomic E-state index is -0.288. The molecule has 1 rings (SSSR count). The molecular weight excluding hydrogens is 229 g/mol. The summed E-state index contributed by atoms with van der Waals surface area (Å²) in [5.41, 5.74) is 1.06. The van der Waals surface area contributed by atoms with E-state index in [1.54, 1.807) is 6.07 Å². The predicted octanol–water partition coefficient (Wildman–Crippen LogP) is 3.92. The Kier molecular flexibility index (Phi) is 5.15. The zero-order chi connectivity index (χ0) is 13.8. The van der Waals surface area contributed by atoms with Crippen LogP contribution in [0.3, 0.4) is 0 Å². The third kappa shape index (κ3) is 4.30. The number of benzene rings is 1. The van der Waals surface area contributed by atoms with Gasteiger partial charge in [0.05, 0.1) is 6.61 Å². The second kappa shape index (κ2) is 6.19. The smallest absolute Gasteiger partial charge is 0.165 e. The molecule has 1 aromatic carbocycles. The second-order valence-corrected chi connectivity index (χ2v) is 5.83. The number of hydrogen-bond donors (Lipinski definition) is 1. The third-order valence-corrected chi connectivity index (χ3v) is 3.00. The maximum absolute atomic E-state index is 13.8. The molecule has 18 heavy (non-hydrogen) atoms. The Labute approximate surface area is 110 Å². The summed E-state index contributed by atoms with van der Waals surface area (Å²) < 4.78 is 19.5. The van der Waals surface area contributed by atoms with Gasteiger partial charge in [0.1, 0.15) is 0 Å². The number of halogens is 1. The van der Waals surface area contributed by atoms with Gasteiger partial charge in [-0.25, -0.2) is 4.39 Å². The van der Waals surface area contributed by atoms with Crippen LogP contribution < -0.4 is 10.1 Å². The van der Waals surface area contributed by atoms with Crippen molar-refractivity contribution in [1.82, 2.24) is 5.32 Å². The lowest BCUT2D eigenvalue weighted by Gasteiger charge is -2.21. The van der Waals surface area contributed by atoms with Gasteiger partial charge in [-0.3, -0.25) is 0 Å². The highest BCUT2D eigenvalue weighted by Gasteiger charge is 2.16. The van der Waals surface area contributed by atoms with Gasteiger partial charge in [0, 0.05) is 11.6 Å². The summed E-state index contributed by atoms with van der Waals surface area (Å²) in [6, 6.07) is 5.13. The zero-order valence-electron chi connectivity index (χ0n) is 12.0. The first-order valence-electron chi connectivity index (χ1n) is 6.43. The molecule has 0 saturated heterocycles. The quantitative estimate of drug-likeness (QED) is 0.858. The fraction of sp³-hybridized carbons (Fsp3) is 0.600. The van der Waals surface area contributed by atoms with Gasteiger partial charge in [0.25, 0.3) is 0 Å². The number of hydrogen-bond acceptors (Lipinski definition) is 2. The molecule has 1 unspecified atom stereocenters. The molecule has 0 fully saturated rings. The van der Waals surface area contributed by atoms with Crippen LogP contribution in [-0.4, -0.2) is 13.7 Å². The van der Waals surface area contributed by atoms with E-state index in [-0.39, 0.29) is 17.3 Å².